The number of Topliss-reactive ketones (excluding diaryl/α,β-unsaturated/α-hetero) is 1. The van der Waals surface area contributed by atoms with Gasteiger partial charge in [0.2, 0.25) is 17.7 Å². The number of ether oxygens (including phenoxy) is 1. The lowest BCUT2D eigenvalue weighted by Crippen LogP contribution is -2.52. The summed E-state index contributed by atoms with van der Waals surface area (Å²) in [6.45, 7) is 5.82. The van der Waals surface area contributed by atoms with E-state index in [2.05, 4.69) is 36.9 Å². The number of H-pyrrole nitrogens is 1. The first-order valence-corrected chi connectivity index (χ1v) is 23.3. The number of unbranched alkanes of at least 4 members (excludes halogenated alkanes) is 6. The molecule has 70 heavy (non-hydrogen) atoms. The fourth-order valence-electron chi connectivity index (χ4n) is 6.84. The van der Waals surface area contributed by atoms with Crippen molar-refractivity contribution in [1.82, 2.24) is 42.2 Å². The van der Waals surface area contributed by atoms with E-state index >= 15 is 0 Å². The Morgan fingerprint density at radius 2 is 1.13 bits per heavy atom. The molecule has 24 nitrogen and oxygen atoms in total. The Morgan fingerprint density at radius 3 is 1.73 bits per heavy atom. The average molecular weight is 989 g/mol. The molecule has 1 aromatic carbocycles. The Bertz CT molecular complexity index is 2090. The third-order valence-corrected chi connectivity index (χ3v) is 10.5. The van der Waals surface area contributed by atoms with Crippen molar-refractivity contribution in [2.45, 2.75) is 153 Å². The van der Waals surface area contributed by atoms with Crippen LogP contribution in [0.15, 0.2) is 30.3 Å². The highest BCUT2D eigenvalue weighted by molar-refractivity contribution is 6.35. The number of carboxylic acids is 4. The maximum Gasteiger partial charge on any atom is 0.407 e. The summed E-state index contributed by atoms with van der Waals surface area (Å²) in [5.74, 6) is -9.30. The number of benzene rings is 1. The molecule has 0 saturated heterocycles. The number of ketones is 1. The van der Waals surface area contributed by atoms with Gasteiger partial charge in [-0.1, -0.05) is 37.5 Å². The molecule has 7 amide bonds. The fraction of sp³-hybridized carbons (Fsp3) is 0.587. The van der Waals surface area contributed by atoms with Gasteiger partial charge in [0.25, 0.3) is 11.7 Å². The van der Waals surface area contributed by atoms with Gasteiger partial charge in [-0.25, -0.2) is 24.0 Å². The zero-order chi connectivity index (χ0) is 52.2. The van der Waals surface area contributed by atoms with Gasteiger partial charge in [-0.2, -0.15) is 0 Å². The van der Waals surface area contributed by atoms with E-state index in [1.807, 2.05) is 29.6 Å². The second-order valence-electron chi connectivity index (χ2n) is 17.5. The van der Waals surface area contributed by atoms with E-state index in [4.69, 9.17) is 9.84 Å². The average Bonchev–Trinajstić information content (AvgIpc) is 3.72. The Morgan fingerprint density at radius 1 is 0.571 bits per heavy atom. The monoisotopic (exact) mass is 988 g/mol. The molecular weight excluding hydrogens is 921 g/mol. The lowest BCUT2D eigenvalue weighted by Gasteiger charge is -2.22. The van der Waals surface area contributed by atoms with E-state index in [9.17, 15) is 68.1 Å². The molecule has 4 atom stereocenters. The molecule has 1 aromatic heterocycles. The minimum atomic E-state index is -1.75. The number of rotatable bonds is 34. The molecule has 1 heterocycles. The maximum absolute atomic E-state index is 13.6. The molecule has 4 unspecified atom stereocenters. The van der Waals surface area contributed by atoms with Crippen LogP contribution in [0.1, 0.15) is 134 Å². The largest absolute Gasteiger partial charge is 0.481 e. The number of alkyl carbamates (subject to hydrolysis) is 1. The van der Waals surface area contributed by atoms with Crippen molar-refractivity contribution in [3.63, 3.8) is 0 Å². The number of carbonyl (C=O) groups excluding carboxylic acids is 7. The van der Waals surface area contributed by atoms with Crippen LogP contribution in [0.4, 0.5) is 9.59 Å². The maximum atomic E-state index is 13.6. The number of fused-ring (bicyclic) bond motifs is 1. The number of hydrogen-bond acceptors (Lipinski definition) is 12. The second kappa shape index (κ2) is 31.0. The number of amides is 7. The number of nitrogens with one attached hydrogen (secondary N) is 8. The van der Waals surface area contributed by atoms with Crippen LogP contribution >= 0.6 is 0 Å². The van der Waals surface area contributed by atoms with Crippen molar-refractivity contribution in [2.75, 3.05) is 19.6 Å². The van der Waals surface area contributed by atoms with Crippen molar-refractivity contribution < 1.29 is 77.9 Å². The molecule has 0 spiro atoms. The summed E-state index contributed by atoms with van der Waals surface area (Å²) in [6.07, 6.45) is 2.20. The third kappa shape index (κ3) is 24.7. The predicted octanol–water partition coefficient (Wildman–Crippen LogP) is 2.69. The van der Waals surface area contributed by atoms with Crippen LogP contribution in [-0.4, -0.2) is 140 Å². The number of hydrogen-bond donors (Lipinski definition) is 12. The van der Waals surface area contributed by atoms with Gasteiger partial charge in [-0.3, -0.25) is 28.8 Å². The van der Waals surface area contributed by atoms with Crippen molar-refractivity contribution in [2.24, 2.45) is 0 Å². The summed E-state index contributed by atoms with van der Waals surface area (Å²) in [4.78, 5) is 137. The summed E-state index contributed by atoms with van der Waals surface area (Å²) in [5, 5.41) is 55.1. The Hall–Kier alpha value is -7.27. The molecule has 2 aromatic rings. The zero-order valence-electron chi connectivity index (χ0n) is 39.8. The van der Waals surface area contributed by atoms with Gasteiger partial charge in [-0.05, 0) is 97.1 Å². The zero-order valence-corrected chi connectivity index (χ0v) is 39.8. The number of urea groups is 1. The highest BCUT2D eigenvalue weighted by atomic mass is 16.6. The molecule has 2 rings (SSSR count). The van der Waals surface area contributed by atoms with Gasteiger partial charge >= 0.3 is 36.0 Å². The standard InChI is InChI=1S/C46H68N8O16/c1-46(2,3)70-45(69)49-26-14-11-18-31(40(61)52-30(38(59)43(66)67)17-10-13-25-48-39(60)34-27-28-15-8-9-16-29(28)50-34)51-36(56)19-7-5-4-6-12-24-47-35(55)22-20-32(41(62)63)53-44(68)54-33(42(64)65)21-23-37(57)58/h8-9,15-16,27,30-33,50H,4-7,10-14,17-26H2,1-3H3,(H,47,55)(H,48,60)(H,49,69)(H,51,56)(H,52,61)(H,57,58)(H,62,63)(H,64,65)(H,66,67)(H2,53,54,68). The van der Waals surface area contributed by atoms with E-state index in [1.165, 1.54) is 0 Å². The van der Waals surface area contributed by atoms with Crippen LogP contribution in [0.5, 0.6) is 0 Å². The molecule has 0 aliphatic carbocycles. The molecule has 0 fully saturated rings. The van der Waals surface area contributed by atoms with Gasteiger partial charge in [-0.15, -0.1) is 0 Å². The smallest absolute Gasteiger partial charge is 0.407 e. The normalized spacial score (nSPS) is 12.8. The minimum Gasteiger partial charge on any atom is -0.481 e. The van der Waals surface area contributed by atoms with Crippen LogP contribution in [0.3, 0.4) is 0 Å². The molecule has 12 N–H and O–H groups in total. The summed E-state index contributed by atoms with van der Waals surface area (Å²) in [5.41, 5.74) is 0.452. The van der Waals surface area contributed by atoms with E-state index < -0.39 is 102 Å². The van der Waals surface area contributed by atoms with Crippen molar-refractivity contribution >= 4 is 76.3 Å². The lowest BCUT2D eigenvalue weighted by molar-refractivity contribution is -0.150. The van der Waals surface area contributed by atoms with Crippen LogP contribution in [0.2, 0.25) is 0 Å². The van der Waals surface area contributed by atoms with E-state index in [1.54, 1.807) is 26.8 Å². The van der Waals surface area contributed by atoms with Gasteiger partial charge in [0.15, 0.2) is 0 Å². The first kappa shape index (κ1) is 58.9. The number of carbonyl (C=O) groups is 11. The molecule has 0 saturated carbocycles. The predicted molar refractivity (Wildman–Crippen MR) is 250 cm³/mol. The van der Waals surface area contributed by atoms with Gasteiger partial charge < -0.3 is 67.4 Å². The first-order chi connectivity index (χ1) is 33.1. The van der Waals surface area contributed by atoms with Crippen molar-refractivity contribution in [1.29, 1.82) is 0 Å². The van der Waals surface area contributed by atoms with Crippen molar-refractivity contribution in [3.05, 3.63) is 36.0 Å². The topological polar surface area (TPSA) is 378 Å². The lowest BCUT2D eigenvalue weighted by atomic mass is 10.0. The fourth-order valence-corrected chi connectivity index (χ4v) is 6.84. The summed E-state index contributed by atoms with van der Waals surface area (Å²) < 4.78 is 5.23. The van der Waals surface area contributed by atoms with Crippen LogP contribution in [-0.2, 0) is 43.1 Å². The van der Waals surface area contributed by atoms with Gasteiger partial charge in [0, 0.05) is 49.8 Å². The first-order valence-electron chi connectivity index (χ1n) is 23.3. The second-order valence-corrected chi connectivity index (χ2v) is 17.5. The number of para-hydroxylation sites is 1. The SMILES string of the molecule is CC(C)(C)OC(=O)NCCCCC(NC(=O)CCCCCCCNC(=O)CCC(NC(=O)NC(CCC(=O)O)C(=O)O)C(=O)O)C(=O)NC(CCCCNC(=O)c1cc2ccccc2[nH]1)C(=O)C(=O)O. The van der Waals surface area contributed by atoms with Crippen molar-refractivity contribution in [3.8, 4) is 0 Å². The van der Waals surface area contributed by atoms with Crippen LogP contribution in [0.25, 0.3) is 10.9 Å². The Labute approximate surface area is 404 Å². The van der Waals surface area contributed by atoms with E-state index in [0.29, 0.717) is 57.1 Å². The van der Waals surface area contributed by atoms with Crippen LogP contribution < -0.4 is 37.2 Å². The van der Waals surface area contributed by atoms with E-state index in [0.717, 1.165) is 10.9 Å². The minimum absolute atomic E-state index is 0.0402. The third-order valence-electron chi connectivity index (χ3n) is 10.5. The highest BCUT2D eigenvalue weighted by Gasteiger charge is 2.30. The summed E-state index contributed by atoms with van der Waals surface area (Å²) in [7, 11) is 0. The number of aromatic amines is 1. The van der Waals surface area contributed by atoms with E-state index in [-0.39, 0.29) is 64.1 Å². The number of aliphatic carboxylic acids is 4. The number of aromatic nitrogens is 1. The van der Waals surface area contributed by atoms with Gasteiger partial charge in [0.1, 0.15) is 29.4 Å². The summed E-state index contributed by atoms with van der Waals surface area (Å²) in [6, 6.07) is 2.28. The Balaban J connectivity index is 1.84. The highest BCUT2D eigenvalue weighted by Crippen LogP contribution is 2.15. The Kier molecular flexibility index (Phi) is 26.0. The quantitative estimate of drug-likeness (QED) is 0.0354. The number of carboxylic acid groups (broad SMARTS) is 4. The molecule has 0 aliphatic heterocycles. The molecule has 0 radical (unpaired) electrons. The molecule has 388 valence electrons. The molecule has 0 aliphatic rings. The molecule has 0 bridgehead atoms. The molecule has 24 heteroatoms. The van der Waals surface area contributed by atoms with Crippen LogP contribution in [0, 0.1) is 0 Å². The van der Waals surface area contributed by atoms with Gasteiger partial charge in [0.05, 0.1) is 6.04 Å². The molecular formula is C46H68N8O16. The summed E-state index contributed by atoms with van der Waals surface area (Å²) >= 11 is 0.